The molecule has 112 valence electrons. The predicted octanol–water partition coefficient (Wildman–Crippen LogP) is 0.996. The van der Waals surface area contributed by atoms with Gasteiger partial charge in [0.15, 0.2) is 0 Å². The lowest BCUT2D eigenvalue weighted by Gasteiger charge is -2.26. The van der Waals surface area contributed by atoms with E-state index in [0.29, 0.717) is 5.69 Å². The topological polar surface area (TPSA) is 56.1 Å². The standard InChI is InChI=1S/C15H19N3O3/c1-20-15(19)13-4-2-3-12-11-16-14(18(12)13)5-6-17-7-9-21-10-8-17/h2-4,11H,5-10H2,1H3. The van der Waals surface area contributed by atoms with Crippen LogP contribution in [0.2, 0.25) is 0 Å². The third kappa shape index (κ3) is 2.91. The van der Waals surface area contributed by atoms with Crippen molar-refractivity contribution in [1.29, 1.82) is 0 Å². The zero-order valence-electron chi connectivity index (χ0n) is 12.1. The first-order valence-electron chi connectivity index (χ1n) is 7.13. The summed E-state index contributed by atoms with van der Waals surface area (Å²) in [6.45, 7) is 4.39. The third-order valence-corrected chi connectivity index (χ3v) is 3.77. The number of hydrogen-bond acceptors (Lipinski definition) is 5. The smallest absolute Gasteiger partial charge is 0.355 e. The van der Waals surface area contributed by atoms with E-state index >= 15 is 0 Å². The van der Waals surface area contributed by atoms with Crippen LogP contribution in [0, 0.1) is 0 Å². The van der Waals surface area contributed by atoms with E-state index in [9.17, 15) is 4.79 Å². The molecule has 3 rings (SSSR count). The van der Waals surface area contributed by atoms with Gasteiger partial charge in [0.05, 0.1) is 32.0 Å². The molecule has 2 aromatic heterocycles. The van der Waals surface area contributed by atoms with E-state index in [2.05, 4.69) is 9.88 Å². The second kappa shape index (κ2) is 6.24. The summed E-state index contributed by atoms with van der Waals surface area (Å²) in [5.41, 5.74) is 1.43. The summed E-state index contributed by atoms with van der Waals surface area (Å²) in [5.74, 6) is 0.545. The van der Waals surface area contributed by atoms with Gasteiger partial charge < -0.3 is 9.47 Å². The average Bonchev–Trinajstić information content (AvgIpc) is 2.96. The molecule has 0 unspecified atom stereocenters. The van der Waals surface area contributed by atoms with Crippen molar-refractivity contribution in [1.82, 2.24) is 14.3 Å². The zero-order valence-corrected chi connectivity index (χ0v) is 12.1. The number of pyridine rings is 1. The molecule has 1 saturated heterocycles. The average molecular weight is 289 g/mol. The number of carbonyl (C=O) groups excluding carboxylic acids is 1. The van der Waals surface area contributed by atoms with E-state index in [1.165, 1.54) is 7.11 Å². The van der Waals surface area contributed by atoms with E-state index in [-0.39, 0.29) is 5.97 Å². The van der Waals surface area contributed by atoms with Crippen LogP contribution in [0.1, 0.15) is 16.3 Å². The molecule has 1 aliphatic rings. The number of esters is 1. The first kappa shape index (κ1) is 14.0. The molecule has 1 aliphatic heterocycles. The summed E-state index contributed by atoms with van der Waals surface area (Å²) >= 11 is 0. The van der Waals surface area contributed by atoms with Gasteiger partial charge in [-0.1, -0.05) is 6.07 Å². The first-order valence-corrected chi connectivity index (χ1v) is 7.13. The summed E-state index contributed by atoms with van der Waals surface area (Å²) in [7, 11) is 1.39. The molecule has 0 atom stereocenters. The minimum Gasteiger partial charge on any atom is -0.464 e. The maximum Gasteiger partial charge on any atom is 0.355 e. The summed E-state index contributed by atoms with van der Waals surface area (Å²) < 4.78 is 12.1. The Bertz CT molecular complexity index is 632. The molecule has 0 N–H and O–H groups in total. The fourth-order valence-corrected chi connectivity index (χ4v) is 2.64. The molecule has 6 nitrogen and oxygen atoms in total. The van der Waals surface area contributed by atoms with Gasteiger partial charge in [0.1, 0.15) is 11.5 Å². The van der Waals surface area contributed by atoms with Crippen LogP contribution < -0.4 is 0 Å². The maximum atomic E-state index is 11.9. The molecule has 2 aromatic rings. The van der Waals surface area contributed by atoms with Gasteiger partial charge in [-0.2, -0.15) is 0 Å². The van der Waals surface area contributed by atoms with E-state index in [1.807, 2.05) is 16.5 Å². The second-order valence-electron chi connectivity index (χ2n) is 5.04. The van der Waals surface area contributed by atoms with Crippen LogP contribution in [-0.4, -0.2) is 60.2 Å². The normalized spacial score (nSPS) is 16.2. The molecule has 21 heavy (non-hydrogen) atoms. The van der Waals surface area contributed by atoms with Gasteiger partial charge in [0.25, 0.3) is 0 Å². The number of fused-ring (bicyclic) bond motifs is 1. The highest BCUT2D eigenvalue weighted by molar-refractivity contribution is 5.88. The molecule has 1 fully saturated rings. The van der Waals surface area contributed by atoms with Crippen molar-refractivity contribution in [2.75, 3.05) is 40.0 Å². The van der Waals surface area contributed by atoms with E-state index < -0.39 is 0 Å². The van der Waals surface area contributed by atoms with Crippen LogP contribution in [0.25, 0.3) is 5.52 Å². The lowest BCUT2D eigenvalue weighted by atomic mass is 10.3. The van der Waals surface area contributed by atoms with Crippen LogP contribution in [0.15, 0.2) is 24.4 Å². The largest absolute Gasteiger partial charge is 0.464 e. The van der Waals surface area contributed by atoms with Gasteiger partial charge in [0, 0.05) is 26.1 Å². The number of imidazole rings is 1. The highest BCUT2D eigenvalue weighted by Crippen LogP contribution is 2.13. The predicted molar refractivity (Wildman–Crippen MR) is 77.5 cm³/mol. The lowest BCUT2D eigenvalue weighted by molar-refractivity contribution is 0.0382. The van der Waals surface area contributed by atoms with Crippen LogP contribution in [-0.2, 0) is 15.9 Å². The molecular weight excluding hydrogens is 270 g/mol. The summed E-state index contributed by atoms with van der Waals surface area (Å²) in [5, 5.41) is 0. The van der Waals surface area contributed by atoms with Crippen molar-refractivity contribution in [2.45, 2.75) is 6.42 Å². The van der Waals surface area contributed by atoms with Gasteiger partial charge in [0.2, 0.25) is 0 Å². The number of nitrogens with zero attached hydrogens (tertiary/aromatic N) is 3. The van der Waals surface area contributed by atoms with Crippen molar-refractivity contribution in [3.63, 3.8) is 0 Å². The second-order valence-corrected chi connectivity index (χ2v) is 5.04. The Labute approximate surface area is 123 Å². The van der Waals surface area contributed by atoms with Crippen LogP contribution in [0.5, 0.6) is 0 Å². The third-order valence-electron chi connectivity index (χ3n) is 3.77. The highest BCUT2D eigenvalue weighted by Gasteiger charge is 2.16. The van der Waals surface area contributed by atoms with Crippen LogP contribution in [0.4, 0.5) is 0 Å². The Balaban J connectivity index is 1.83. The SMILES string of the molecule is COC(=O)c1cccc2cnc(CCN3CCOCC3)n12. The van der Waals surface area contributed by atoms with Crippen LogP contribution >= 0.6 is 0 Å². The number of methoxy groups -OCH3 is 1. The van der Waals surface area contributed by atoms with Crippen molar-refractivity contribution >= 4 is 11.5 Å². The fraction of sp³-hybridized carbons (Fsp3) is 0.467. The van der Waals surface area contributed by atoms with Gasteiger partial charge in [-0.3, -0.25) is 9.30 Å². The maximum absolute atomic E-state index is 11.9. The van der Waals surface area contributed by atoms with Gasteiger partial charge in [-0.05, 0) is 12.1 Å². The highest BCUT2D eigenvalue weighted by atomic mass is 16.5. The number of rotatable bonds is 4. The minimum atomic E-state index is -0.341. The molecule has 6 heteroatoms. The van der Waals surface area contributed by atoms with Crippen molar-refractivity contribution in [3.05, 3.63) is 35.9 Å². The van der Waals surface area contributed by atoms with E-state index in [0.717, 1.165) is 50.6 Å². The number of carbonyl (C=O) groups is 1. The van der Waals surface area contributed by atoms with Crippen molar-refractivity contribution < 1.29 is 14.3 Å². The molecule has 0 amide bonds. The Hall–Kier alpha value is -1.92. The Morgan fingerprint density at radius 3 is 2.95 bits per heavy atom. The molecule has 0 aromatic carbocycles. The van der Waals surface area contributed by atoms with Crippen molar-refractivity contribution in [2.24, 2.45) is 0 Å². The molecule has 3 heterocycles. The van der Waals surface area contributed by atoms with Gasteiger partial charge in [-0.25, -0.2) is 9.78 Å². The molecule has 0 aliphatic carbocycles. The molecule has 0 saturated carbocycles. The Morgan fingerprint density at radius 1 is 1.38 bits per heavy atom. The van der Waals surface area contributed by atoms with Gasteiger partial charge in [-0.15, -0.1) is 0 Å². The number of hydrogen-bond donors (Lipinski definition) is 0. The van der Waals surface area contributed by atoms with Crippen molar-refractivity contribution in [3.8, 4) is 0 Å². The number of morpholine rings is 1. The van der Waals surface area contributed by atoms with E-state index in [4.69, 9.17) is 9.47 Å². The lowest BCUT2D eigenvalue weighted by Crippen LogP contribution is -2.37. The molecule has 0 bridgehead atoms. The molecule has 0 spiro atoms. The fourth-order valence-electron chi connectivity index (χ4n) is 2.64. The first-order chi connectivity index (χ1) is 10.3. The number of ether oxygens (including phenoxy) is 2. The molecule has 0 radical (unpaired) electrons. The molecular formula is C15H19N3O3. The van der Waals surface area contributed by atoms with Crippen LogP contribution in [0.3, 0.4) is 0 Å². The summed E-state index contributed by atoms with van der Waals surface area (Å²) in [4.78, 5) is 18.7. The summed E-state index contributed by atoms with van der Waals surface area (Å²) in [6.07, 6.45) is 2.59. The Kier molecular flexibility index (Phi) is 4.17. The van der Waals surface area contributed by atoms with Gasteiger partial charge >= 0.3 is 5.97 Å². The van der Waals surface area contributed by atoms with E-state index in [1.54, 1.807) is 12.3 Å². The minimum absolute atomic E-state index is 0.341. The zero-order chi connectivity index (χ0) is 14.7. The monoisotopic (exact) mass is 289 g/mol. The quantitative estimate of drug-likeness (QED) is 0.786. The Morgan fingerprint density at radius 2 is 2.19 bits per heavy atom. The summed E-state index contributed by atoms with van der Waals surface area (Å²) in [6, 6.07) is 5.55. The number of aromatic nitrogens is 2.